The highest BCUT2D eigenvalue weighted by Gasteiger charge is 2.24. The molecule has 26 heavy (non-hydrogen) atoms. The second-order valence-corrected chi connectivity index (χ2v) is 6.96. The maximum Gasteiger partial charge on any atom is 0.275 e. The molecule has 0 bridgehead atoms. The molecule has 0 atom stereocenters. The van der Waals surface area contributed by atoms with E-state index in [0.29, 0.717) is 13.1 Å². The van der Waals surface area contributed by atoms with Gasteiger partial charge < -0.3 is 19.9 Å². The van der Waals surface area contributed by atoms with E-state index in [4.69, 9.17) is 4.74 Å². The number of piperazine rings is 1. The number of quaternary nitrogens is 2. The van der Waals surface area contributed by atoms with Crippen molar-refractivity contribution in [1.82, 2.24) is 5.32 Å². The van der Waals surface area contributed by atoms with Gasteiger partial charge >= 0.3 is 0 Å². The fraction of sp³-hybridized carbons (Fsp3) is 0.381. The minimum atomic E-state index is 0.141. The highest BCUT2D eigenvalue weighted by Crippen LogP contribution is 2.10. The molecule has 2 aromatic rings. The Hall–Kier alpha value is -2.37. The van der Waals surface area contributed by atoms with Gasteiger partial charge in [-0.15, -0.1) is 0 Å². The Labute approximate surface area is 155 Å². The predicted octanol–water partition coefficient (Wildman–Crippen LogP) is -0.705. The van der Waals surface area contributed by atoms with Crippen molar-refractivity contribution < 1.29 is 19.3 Å². The summed E-state index contributed by atoms with van der Waals surface area (Å²) >= 11 is 0. The fourth-order valence-corrected chi connectivity index (χ4v) is 3.43. The van der Waals surface area contributed by atoms with E-state index in [2.05, 4.69) is 17.4 Å². The van der Waals surface area contributed by atoms with Crippen LogP contribution < -0.4 is 19.9 Å². The first-order valence-corrected chi connectivity index (χ1v) is 9.33. The lowest BCUT2D eigenvalue weighted by atomic mass is 10.2. The first-order valence-electron chi connectivity index (χ1n) is 9.33. The van der Waals surface area contributed by atoms with Crippen LogP contribution in [0.25, 0.3) is 0 Å². The van der Waals surface area contributed by atoms with Gasteiger partial charge in [0.25, 0.3) is 5.91 Å². The van der Waals surface area contributed by atoms with Crippen LogP contribution in [-0.2, 0) is 17.9 Å². The predicted molar refractivity (Wildman–Crippen MR) is 101 cm³/mol. The molecule has 0 unspecified atom stereocenters. The van der Waals surface area contributed by atoms with Crippen molar-refractivity contribution >= 4 is 5.91 Å². The summed E-state index contributed by atoms with van der Waals surface area (Å²) in [5, 5.41) is 3.03. The quantitative estimate of drug-likeness (QED) is 0.615. The Kier molecular flexibility index (Phi) is 6.63. The minimum absolute atomic E-state index is 0.141. The van der Waals surface area contributed by atoms with Gasteiger partial charge in [0.05, 0.1) is 7.11 Å². The number of rotatable bonds is 7. The van der Waals surface area contributed by atoms with Crippen molar-refractivity contribution in [1.29, 1.82) is 0 Å². The van der Waals surface area contributed by atoms with E-state index in [9.17, 15) is 4.79 Å². The number of hydrogen-bond donors (Lipinski definition) is 3. The number of nitrogens with one attached hydrogen (secondary N) is 3. The van der Waals surface area contributed by atoms with E-state index in [1.165, 1.54) is 10.5 Å². The van der Waals surface area contributed by atoms with Crippen molar-refractivity contribution in [2.24, 2.45) is 0 Å². The molecule has 1 amide bonds. The summed E-state index contributed by atoms with van der Waals surface area (Å²) in [4.78, 5) is 15.1. The number of benzene rings is 2. The number of carbonyl (C=O) groups excluding carboxylic acids is 1. The van der Waals surface area contributed by atoms with Crippen molar-refractivity contribution in [3.8, 4) is 5.75 Å². The summed E-state index contributed by atoms with van der Waals surface area (Å²) in [5.74, 6) is 1.04. The van der Waals surface area contributed by atoms with Gasteiger partial charge in [-0.3, -0.25) is 4.79 Å². The van der Waals surface area contributed by atoms with Crippen LogP contribution in [-0.4, -0.2) is 45.7 Å². The monoisotopic (exact) mass is 355 g/mol. The topological polar surface area (TPSA) is 47.2 Å². The van der Waals surface area contributed by atoms with Crippen LogP contribution >= 0.6 is 0 Å². The van der Waals surface area contributed by atoms with Crippen LogP contribution in [0.15, 0.2) is 54.6 Å². The highest BCUT2D eigenvalue weighted by atomic mass is 16.5. The van der Waals surface area contributed by atoms with Crippen molar-refractivity contribution in [3.63, 3.8) is 0 Å². The van der Waals surface area contributed by atoms with Crippen LogP contribution in [0.2, 0.25) is 0 Å². The van der Waals surface area contributed by atoms with Crippen LogP contribution in [0.3, 0.4) is 0 Å². The Bertz CT molecular complexity index is 680. The first kappa shape index (κ1) is 18.4. The average Bonchev–Trinajstić information content (AvgIpc) is 2.69. The van der Waals surface area contributed by atoms with Crippen LogP contribution in [0, 0.1) is 0 Å². The average molecular weight is 355 g/mol. The van der Waals surface area contributed by atoms with Crippen LogP contribution in [0.1, 0.15) is 11.1 Å². The largest absolute Gasteiger partial charge is 0.497 e. The highest BCUT2D eigenvalue weighted by molar-refractivity contribution is 5.76. The summed E-state index contributed by atoms with van der Waals surface area (Å²) in [6, 6.07) is 18.4. The van der Waals surface area contributed by atoms with Gasteiger partial charge in [0.15, 0.2) is 6.54 Å². The van der Waals surface area contributed by atoms with E-state index in [-0.39, 0.29) is 5.91 Å². The Morgan fingerprint density at radius 2 is 1.58 bits per heavy atom. The molecule has 3 rings (SSSR count). The summed E-state index contributed by atoms with van der Waals surface area (Å²) in [5.41, 5.74) is 2.48. The van der Waals surface area contributed by atoms with E-state index < -0.39 is 0 Å². The van der Waals surface area contributed by atoms with Gasteiger partial charge in [0, 0.05) is 12.1 Å². The lowest BCUT2D eigenvalue weighted by Crippen LogP contribution is -3.28. The number of carbonyl (C=O) groups is 1. The molecule has 0 saturated carbocycles. The summed E-state index contributed by atoms with van der Waals surface area (Å²) in [7, 11) is 1.69. The normalized spacial score (nSPS) is 19.7. The number of methoxy groups -OCH3 is 1. The molecular weight excluding hydrogens is 326 g/mol. The maximum atomic E-state index is 12.2. The third-order valence-corrected chi connectivity index (χ3v) is 5.02. The molecule has 5 heteroatoms. The third-order valence-electron chi connectivity index (χ3n) is 5.02. The van der Waals surface area contributed by atoms with E-state index in [0.717, 1.165) is 44.0 Å². The lowest BCUT2D eigenvalue weighted by molar-refractivity contribution is -1.02. The number of amides is 1. The van der Waals surface area contributed by atoms with Gasteiger partial charge in [-0.2, -0.15) is 0 Å². The standard InChI is InChI=1S/C21H27N3O2/c1-26-20-9-7-19(8-10-20)16-23-11-13-24(14-12-23)17-21(25)22-15-18-5-3-2-4-6-18/h2-10H,11-17H2,1H3,(H,22,25)/p+2. The second-order valence-electron chi connectivity index (χ2n) is 6.96. The Balaban J connectivity index is 1.37. The van der Waals surface area contributed by atoms with Crippen LogP contribution in [0.4, 0.5) is 0 Å². The molecule has 0 radical (unpaired) electrons. The fourth-order valence-electron chi connectivity index (χ4n) is 3.43. The smallest absolute Gasteiger partial charge is 0.275 e. The van der Waals surface area contributed by atoms with Crippen LogP contribution in [0.5, 0.6) is 5.75 Å². The third kappa shape index (κ3) is 5.58. The molecule has 0 aromatic heterocycles. The summed E-state index contributed by atoms with van der Waals surface area (Å²) < 4.78 is 5.21. The van der Waals surface area contributed by atoms with E-state index >= 15 is 0 Å². The molecule has 5 nitrogen and oxygen atoms in total. The summed E-state index contributed by atoms with van der Waals surface area (Å²) in [6.07, 6.45) is 0. The zero-order chi connectivity index (χ0) is 18.2. The zero-order valence-corrected chi connectivity index (χ0v) is 15.5. The van der Waals surface area contributed by atoms with Gasteiger partial charge in [-0.25, -0.2) is 0 Å². The molecule has 2 aromatic carbocycles. The Morgan fingerprint density at radius 1 is 0.923 bits per heavy atom. The molecule has 1 saturated heterocycles. The van der Waals surface area contributed by atoms with Gasteiger partial charge in [0.1, 0.15) is 38.5 Å². The second kappa shape index (κ2) is 9.36. The van der Waals surface area contributed by atoms with Crippen molar-refractivity contribution in [2.75, 3.05) is 39.8 Å². The van der Waals surface area contributed by atoms with Gasteiger partial charge in [0.2, 0.25) is 0 Å². The number of hydrogen-bond acceptors (Lipinski definition) is 2. The van der Waals surface area contributed by atoms with E-state index in [1.807, 2.05) is 42.5 Å². The molecule has 1 heterocycles. The molecule has 0 spiro atoms. The molecule has 1 aliphatic heterocycles. The molecule has 3 N–H and O–H groups in total. The molecule has 1 aliphatic rings. The molecular formula is C21H29N3O2+2. The first-order chi connectivity index (χ1) is 12.7. The number of ether oxygens (including phenoxy) is 1. The van der Waals surface area contributed by atoms with E-state index in [1.54, 1.807) is 12.0 Å². The maximum absolute atomic E-state index is 12.2. The van der Waals surface area contributed by atoms with Crippen molar-refractivity contribution in [2.45, 2.75) is 13.1 Å². The van der Waals surface area contributed by atoms with Crippen molar-refractivity contribution in [3.05, 3.63) is 65.7 Å². The zero-order valence-electron chi connectivity index (χ0n) is 15.5. The summed E-state index contributed by atoms with van der Waals surface area (Å²) in [6.45, 7) is 6.52. The van der Waals surface area contributed by atoms with Gasteiger partial charge in [-0.1, -0.05) is 30.3 Å². The minimum Gasteiger partial charge on any atom is -0.497 e. The molecule has 1 fully saturated rings. The SMILES string of the molecule is COc1ccc(C[NH+]2CC[NH+](CC(=O)NCc3ccccc3)CC2)cc1. The molecule has 0 aliphatic carbocycles. The molecule has 138 valence electrons. The lowest BCUT2D eigenvalue weighted by Gasteiger charge is -2.29. The van der Waals surface area contributed by atoms with Gasteiger partial charge in [-0.05, 0) is 29.8 Å². The Morgan fingerprint density at radius 3 is 2.23 bits per heavy atom.